The third-order valence-corrected chi connectivity index (χ3v) is 1.52. The molecule has 0 aromatic carbocycles. The minimum atomic E-state index is -0.858. The van der Waals surface area contributed by atoms with Gasteiger partial charge in [0, 0.05) is 7.05 Å². The number of primary amides is 1. The number of nitrogens with two attached hydrogens (primary N) is 1. The number of carbonyl (C=O) groups excluding carboxylic acids is 1. The number of carbonyl (C=O) groups is 1. The summed E-state index contributed by atoms with van der Waals surface area (Å²) in [6.07, 6.45) is 0. The van der Waals surface area contributed by atoms with Crippen LogP contribution in [0, 0.1) is 6.92 Å². The fraction of sp³-hybridized carbons (Fsp3) is 0.333. The Morgan fingerprint density at radius 3 is 2.58 bits per heavy atom. The van der Waals surface area contributed by atoms with Crippen molar-refractivity contribution in [3.8, 4) is 0 Å². The van der Waals surface area contributed by atoms with E-state index >= 15 is 0 Å². The Bertz CT molecular complexity index is 382. The van der Waals surface area contributed by atoms with Crippen LogP contribution in [0.5, 0.6) is 0 Å². The molecule has 0 radical (unpaired) electrons. The lowest BCUT2D eigenvalue weighted by molar-refractivity contribution is 0.0992. The Kier molecular flexibility index (Phi) is 1.90. The van der Waals surface area contributed by atoms with Gasteiger partial charge in [-0.15, -0.1) is 10.2 Å². The minimum absolute atomic E-state index is 0.330. The lowest BCUT2D eigenvalue weighted by atomic mass is 10.4. The standard InChI is InChI=1S/C6H8N4O2/c1-3-8-9-4(5(7)11)6(12)10(3)2/h1-2H3,(H2,7,11). The highest BCUT2D eigenvalue weighted by Gasteiger charge is 2.10. The average Bonchev–Trinajstić information content (AvgIpc) is 2.00. The lowest BCUT2D eigenvalue weighted by Crippen LogP contribution is -2.32. The van der Waals surface area contributed by atoms with Crippen molar-refractivity contribution in [1.29, 1.82) is 0 Å². The summed E-state index contributed by atoms with van der Waals surface area (Å²) in [7, 11) is 1.50. The van der Waals surface area contributed by atoms with Crippen molar-refractivity contribution in [2.75, 3.05) is 0 Å². The number of hydrogen-bond donors (Lipinski definition) is 1. The number of rotatable bonds is 1. The maximum atomic E-state index is 11.2. The van der Waals surface area contributed by atoms with Crippen LogP contribution in [0.3, 0.4) is 0 Å². The Labute approximate surface area is 68.0 Å². The number of aromatic nitrogens is 3. The van der Waals surface area contributed by atoms with Crippen LogP contribution >= 0.6 is 0 Å². The van der Waals surface area contributed by atoms with Crippen LogP contribution in [0.1, 0.15) is 16.3 Å². The van der Waals surface area contributed by atoms with Crippen molar-refractivity contribution in [3.63, 3.8) is 0 Å². The zero-order valence-corrected chi connectivity index (χ0v) is 6.74. The van der Waals surface area contributed by atoms with Gasteiger partial charge in [-0.1, -0.05) is 0 Å². The molecule has 0 aliphatic heterocycles. The minimum Gasteiger partial charge on any atom is -0.364 e. The molecular formula is C6H8N4O2. The van der Waals surface area contributed by atoms with Crippen molar-refractivity contribution in [2.24, 2.45) is 12.8 Å². The smallest absolute Gasteiger partial charge is 0.285 e. The average molecular weight is 168 g/mol. The van der Waals surface area contributed by atoms with E-state index in [1.807, 2.05) is 0 Å². The topological polar surface area (TPSA) is 90.9 Å². The maximum absolute atomic E-state index is 11.2. The van der Waals surface area contributed by atoms with Gasteiger partial charge in [-0.05, 0) is 6.92 Å². The normalized spacial score (nSPS) is 9.83. The SMILES string of the molecule is Cc1nnc(C(N)=O)c(=O)n1C. The van der Waals surface area contributed by atoms with Crippen molar-refractivity contribution in [2.45, 2.75) is 6.92 Å². The highest BCUT2D eigenvalue weighted by atomic mass is 16.2. The zero-order chi connectivity index (χ0) is 9.30. The molecule has 64 valence electrons. The van der Waals surface area contributed by atoms with Crippen LogP contribution in [0.2, 0.25) is 0 Å². The summed E-state index contributed by atoms with van der Waals surface area (Å²) >= 11 is 0. The van der Waals surface area contributed by atoms with Crippen molar-refractivity contribution >= 4 is 5.91 Å². The van der Waals surface area contributed by atoms with Gasteiger partial charge in [0.15, 0.2) is 0 Å². The first-order valence-electron chi connectivity index (χ1n) is 3.24. The van der Waals surface area contributed by atoms with E-state index in [1.165, 1.54) is 11.6 Å². The van der Waals surface area contributed by atoms with Gasteiger partial charge in [0.05, 0.1) is 0 Å². The van der Waals surface area contributed by atoms with E-state index in [9.17, 15) is 9.59 Å². The van der Waals surface area contributed by atoms with Gasteiger partial charge in [-0.25, -0.2) is 0 Å². The summed E-state index contributed by atoms with van der Waals surface area (Å²) in [5, 5.41) is 6.95. The summed E-state index contributed by atoms with van der Waals surface area (Å²) in [5.74, 6) is -0.423. The van der Waals surface area contributed by atoms with Crippen LogP contribution in [-0.2, 0) is 7.05 Å². The van der Waals surface area contributed by atoms with Gasteiger partial charge < -0.3 is 5.73 Å². The quantitative estimate of drug-likeness (QED) is 0.557. The molecule has 1 rings (SSSR count). The largest absolute Gasteiger partial charge is 0.364 e. The van der Waals surface area contributed by atoms with Gasteiger partial charge in [0.25, 0.3) is 11.5 Å². The highest BCUT2D eigenvalue weighted by molar-refractivity contribution is 5.90. The summed E-state index contributed by atoms with van der Waals surface area (Å²) < 4.78 is 1.22. The van der Waals surface area contributed by atoms with E-state index in [2.05, 4.69) is 10.2 Å². The number of nitrogens with zero attached hydrogens (tertiary/aromatic N) is 3. The molecule has 12 heavy (non-hydrogen) atoms. The third-order valence-electron chi connectivity index (χ3n) is 1.52. The number of aryl methyl sites for hydroxylation is 1. The van der Waals surface area contributed by atoms with Crippen molar-refractivity contribution in [3.05, 3.63) is 21.9 Å². The predicted octanol–water partition coefficient (Wildman–Crippen LogP) is -1.42. The Morgan fingerprint density at radius 1 is 1.50 bits per heavy atom. The molecule has 1 amide bonds. The molecule has 0 fully saturated rings. The van der Waals surface area contributed by atoms with Crippen LogP contribution < -0.4 is 11.3 Å². The molecule has 0 bridgehead atoms. The van der Waals surface area contributed by atoms with E-state index in [0.717, 1.165) is 0 Å². The maximum Gasteiger partial charge on any atom is 0.285 e. The van der Waals surface area contributed by atoms with E-state index in [-0.39, 0.29) is 5.69 Å². The molecule has 0 saturated heterocycles. The zero-order valence-electron chi connectivity index (χ0n) is 6.74. The van der Waals surface area contributed by atoms with E-state index in [0.29, 0.717) is 5.82 Å². The molecule has 2 N–H and O–H groups in total. The molecule has 0 aliphatic rings. The van der Waals surface area contributed by atoms with Crippen molar-refractivity contribution < 1.29 is 4.79 Å². The van der Waals surface area contributed by atoms with E-state index < -0.39 is 11.5 Å². The summed E-state index contributed by atoms with van der Waals surface area (Å²) in [5.41, 5.74) is 4.03. The Balaban J connectivity index is 3.47. The van der Waals surface area contributed by atoms with Gasteiger partial charge in [-0.2, -0.15) is 0 Å². The molecule has 0 aliphatic carbocycles. The summed E-state index contributed by atoms with van der Waals surface area (Å²) in [6, 6.07) is 0. The molecule has 0 saturated carbocycles. The Morgan fingerprint density at radius 2 is 2.08 bits per heavy atom. The van der Waals surface area contributed by atoms with Gasteiger partial charge >= 0.3 is 0 Å². The first kappa shape index (κ1) is 8.38. The van der Waals surface area contributed by atoms with Crippen LogP contribution in [0.15, 0.2) is 4.79 Å². The molecular weight excluding hydrogens is 160 g/mol. The van der Waals surface area contributed by atoms with Crippen LogP contribution in [0.25, 0.3) is 0 Å². The molecule has 1 aromatic rings. The number of hydrogen-bond acceptors (Lipinski definition) is 4. The van der Waals surface area contributed by atoms with E-state index in [1.54, 1.807) is 6.92 Å². The summed E-state index contributed by atoms with van der Waals surface area (Å²) in [6.45, 7) is 1.61. The lowest BCUT2D eigenvalue weighted by Gasteiger charge is -2.00. The predicted molar refractivity (Wildman–Crippen MR) is 40.5 cm³/mol. The first-order chi connectivity index (χ1) is 5.54. The molecule has 0 atom stereocenters. The van der Waals surface area contributed by atoms with Crippen LogP contribution in [-0.4, -0.2) is 20.7 Å². The highest BCUT2D eigenvalue weighted by Crippen LogP contribution is 1.84. The molecule has 0 unspecified atom stereocenters. The van der Waals surface area contributed by atoms with E-state index in [4.69, 9.17) is 5.73 Å². The molecule has 0 spiro atoms. The fourth-order valence-electron chi connectivity index (χ4n) is 0.693. The van der Waals surface area contributed by atoms with Crippen molar-refractivity contribution in [1.82, 2.24) is 14.8 Å². The second-order valence-electron chi connectivity index (χ2n) is 2.32. The van der Waals surface area contributed by atoms with Gasteiger partial charge in [0.2, 0.25) is 5.69 Å². The molecule has 6 nitrogen and oxygen atoms in total. The Hall–Kier alpha value is -1.72. The molecule has 6 heteroatoms. The molecule has 1 heterocycles. The van der Waals surface area contributed by atoms with Gasteiger partial charge in [0.1, 0.15) is 5.82 Å². The fourth-order valence-corrected chi connectivity index (χ4v) is 0.693. The monoisotopic (exact) mass is 168 g/mol. The third kappa shape index (κ3) is 1.18. The molecule has 1 aromatic heterocycles. The number of amides is 1. The van der Waals surface area contributed by atoms with Gasteiger partial charge in [-0.3, -0.25) is 14.2 Å². The second-order valence-corrected chi connectivity index (χ2v) is 2.32. The van der Waals surface area contributed by atoms with Crippen LogP contribution in [0.4, 0.5) is 0 Å². The first-order valence-corrected chi connectivity index (χ1v) is 3.24. The second kappa shape index (κ2) is 2.72. The summed E-state index contributed by atoms with van der Waals surface area (Å²) in [4.78, 5) is 21.8.